The fraction of sp³-hybridized carbons (Fsp3) is 0.636. The molecule has 0 bridgehead atoms. The maximum absolute atomic E-state index is 13.1. The minimum absolute atomic E-state index is 0.0201. The zero-order valence-corrected chi connectivity index (χ0v) is 18.8. The third kappa shape index (κ3) is 5.79. The molecule has 0 radical (unpaired) electrons. The van der Waals surface area contributed by atoms with Crippen molar-refractivity contribution in [2.24, 2.45) is 5.41 Å². The SMILES string of the molecule is CO[C@H]1CCN(C2NC(=O)CC(C(=O)N[C@@H](c3ccc(C(F)(F)F)cc3)C(C)(C)C)N2)C1. The van der Waals surface area contributed by atoms with Gasteiger partial charge in [0.25, 0.3) is 0 Å². The zero-order valence-electron chi connectivity index (χ0n) is 18.8. The minimum Gasteiger partial charge on any atom is -0.380 e. The summed E-state index contributed by atoms with van der Waals surface area (Å²) in [7, 11) is 1.64. The van der Waals surface area contributed by atoms with Crippen LogP contribution in [0.4, 0.5) is 13.2 Å². The molecule has 0 aliphatic carbocycles. The summed E-state index contributed by atoms with van der Waals surface area (Å²) in [5, 5.41) is 8.99. The van der Waals surface area contributed by atoms with E-state index in [1.54, 1.807) is 7.11 Å². The van der Waals surface area contributed by atoms with Crippen LogP contribution in [-0.4, -0.2) is 55.3 Å². The molecule has 4 atom stereocenters. The summed E-state index contributed by atoms with van der Waals surface area (Å²) in [4.78, 5) is 27.4. The molecule has 1 aromatic rings. The van der Waals surface area contributed by atoms with Crippen molar-refractivity contribution < 1.29 is 27.5 Å². The highest BCUT2D eigenvalue weighted by molar-refractivity contribution is 5.89. The molecule has 32 heavy (non-hydrogen) atoms. The second-order valence-electron chi connectivity index (χ2n) is 9.46. The summed E-state index contributed by atoms with van der Waals surface area (Å²) in [5.74, 6) is -0.608. The third-order valence-corrected chi connectivity index (χ3v) is 5.96. The van der Waals surface area contributed by atoms with Crippen molar-refractivity contribution in [3.8, 4) is 0 Å². The summed E-state index contributed by atoms with van der Waals surface area (Å²) in [6, 6.07) is 3.52. The van der Waals surface area contributed by atoms with Gasteiger partial charge in [0, 0.05) is 20.2 Å². The van der Waals surface area contributed by atoms with E-state index >= 15 is 0 Å². The van der Waals surface area contributed by atoms with Gasteiger partial charge in [-0.15, -0.1) is 0 Å². The van der Waals surface area contributed by atoms with Crippen LogP contribution < -0.4 is 16.0 Å². The van der Waals surface area contributed by atoms with E-state index in [4.69, 9.17) is 4.74 Å². The molecule has 3 N–H and O–H groups in total. The average Bonchev–Trinajstić information content (AvgIpc) is 3.19. The number of carbonyl (C=O) groups excluding carboxylic acids is 2. The Morgan fingerprint density at radius 3 is 2.41 bits per heavy atom. The van der Waals surface area contributed by atoms with Crippen LogP contribution in [-0.2, 0) is 20.5 Å². The largest absolute Gasteiger partial charge is 0.416 e. The molecule has 7 nitrogen and oxygen atoms in total. The van der Waals surface area contributed by atoms with E-state index in [2.05, 4.69) is 16.0 Å². The molecule has 2 aliphatic heterocycles. The Morgan fingerprint density at radius 2 is 1.88 bits per heavy atom. The Labute approximate surface area is 186 Å². The fourth-order valence-electron chi connectivity index (χ4n) is 4.14. The number of carbonyl (C=O) groups is 2. The topological polar surface area (TPSA) is 82.7 Å². The van der Waals surface area contributed by atoms with Gasteiger partial charge in [-0.2, -0.15) is 13.2 Å². The van der Waals surface area contributed by atoms with Gasteiger partial charge in [0.2, 0.25) is 11.8 Å². The monoisotopic (exact) mass is 456 g/mol. The first kappa shape index (κ1) is 24.5. The highest BCUT2D eigenvalue weighted by Gasteiger charge is 2.38. The molecule has 2 heterocycles. The van der Waals surface area contributed by atoms with Gasteiger partial charge in [0.1, 0.15) is 6.29 Å². The maximum Gasteiger partial charge on any atom is 0.416 e. The van der Waals surface area contributed by atoms with E-state index in [0.717, 1.165) is 25.1 Å². The van der Waals surface area contributed by atoms with Gasteiger partial charge in [-0.3, -0.25) is 19.8 Å². The van der Waals surface area contributed by atoms with E-state index in [1.165, 1.54) is 12.1 Å². The van der Waals surface area contributed by atoms with Crippen molar-refractivity contribution in [3.05, 3.63) is 35.4 Å². The number of ether oxygens (including phenoxy) is 1. The number of benzene rings is 1. The van der Waals surface area contributed by atoms with E-state index in [1.807, 2.05) is 25.7 Å². The smallest absolute Gasteiger partial charge is 0.380 e. The molecule has 178 valence electrons. The number of hydrogen-bond donors (Lipinski definition) is 3. The summed E-state index contributed by atoms with van der Waals surface area (Å²) in [5.41, 5.74) is -0.640. The first-order valence-corrected chi connectivity index (χ1v) is 10.7. The molecular weight excluding hydrogens is 425 g/mol. The molecule has 1 aromatic carbocycles. The first-order valence-electron chi connectivity index (χ1n) is 10.7. The Balaban J connectivity index is 1.72. The predicted octanol–water partition coefficient (Wildman–Crippen LogP) is 2.39. The van der Waals surface area contributed by atoms with Crippen molar-refractivity contribution in [2.75, 3.05) is 20.2 Å². The molecule has 2 fully saturated rings. The van der Waals surface area contributed by atoms with Crippen LogP contribution in [0.1, 0.15) is 50.8 Å². The lowest BCUT2D eigenvalue weighted by Gasteiger charge is -2.38. The maximum atomic E-state index is 13.1. The van der Waals surface area contributed by atoms with Crippen LogP contribution in [0.25, 0.3) is 0 Å². The Morgan fingerprint density at radius 1 is 1.22 bits per heavy atom. The van der Waals surface area contributed by atoms with Crippen molar-refractivity contribution in [3.63, 3.8) is 0 Å². The minimum atomic E-state index is -4.43. The summed E-state index contributed by atoms with van der Waals surface area (Å²) < 4.78 is 44.2. The number of hydrogen-bond acceptors (Lipinski definition) is 5. The number of alkyl halides is 3. The molecular formula is C22H31F3N4O3. The van der Waals surface area contributed by atoms with Crippen LogP contribution in [0.3, 0.4) is 0 Å². The van der Waals surface area contributed by atoms with Crippen LogP contribution in [0.2, 0.25) is 0 Å². The van der Waals surface area contributed by atoms with E-state index in [9.17, 15) is 22.8 Å². The van der Waals surface area contributed by atoms with Gasteiger partial charge in [0.15, 0.2) is 0 Å². The van der Waals surface area contributed by atoms with E-state index < -0.39 is 35.5 Å². The predicted molar refractivity (Wildman–Crippen MR) is 112 cm³/mol. The second-order valence-corrected chi connectivity index (χ2v) is 9.46. The van der Waals surface area contributed by atoms with Crippen LogP contribution in [0, 0.1) is 5.41 Å². The quantitative estimate of drug-likeness (QED) is 0.634. The Kier molecular flexibility index (Phi) is 7.16. The molecule has 0 saturated carbocycles. The number of nitrogens with zero attached hydrogens (tertiary/aromatic N) is 1. The Bertz CT molecular complexity index is 823. The van der Waals surface area contributed by atoms with Crippen molar-refractivity contribution >= 4 is 11.8 Å². The lowest BCUT2D eigenvalue weighted by Crippen LogP contribution is -2.66. The summed E-state index contributed by atoms with van der Waals surface area (Å²) >= 11 is 0. The summed E-state index contributed by atoms with van der Waals surface area (Å²) in [6.07, 6.45) is -4.01. The van der Waals surface area contributed by atoms with Gasteiger partial charge < -0.3 is 15.4 Å². The molecule has 2 saturated heterocycles. The van der Waals surface area contributed by atoms with Gasteiger partial charge in [-0.1, -0.05) is 32.9 Å². The average molecular weight is 457 g/mol. The van der Waals surface area contributed by atoms with Crippen molar-refractivity contribution in [2.45, 2.75) is 64.3 Å². The normalized spacial score (nSPS) is 26.0. The zero-order chi connectivity index (χ0) is 23.7. The highest BCUT2D eigenvalue weighted by atomic mass is 19.4. The molecule has 0 aromatic heterocycles. The number of likely N-dealkylation sites (tertiary alicyclic amines) is 1. The van der Waals surface area contributed by atoms with Crippen LogP contribution in [0.15, 0.2) is 24.3 Å². The highest BCUT2D eigenvalue weighted by Crippen LogP contribution is 2.35. The number of amides is 2. The lowest BCUT2D eigenvalue weighted by atomic mass is 9.82. The van der Waals surface area contributed by atoms with E-state index in [0.29, 0.717) is 12.1 Å². The lowest BCUT2D eigenvalue weighted by molar-refractivity contribution is -0.137. The van der Waals surface area contributed by atoms with Gasteiger partial charge >= 0.3 is 6.18 Å². The van der Waals surface area contributed by atoms with Gasteiger partial charge in [-0.05, 0) is 29.5 Å². The van der Waals surface area contributed by atoms with Crippen LogP contribution >= 0.6 is 0 Å². The molecule has 10 heteroatoms. The number of methoxy groups -OCH3 is 1. The third-order valence-electron chi connectivity index (χ3n) is 5.96. The first-order chi connectivity index (χ1) is 14.9. The standard InChI is InChI=1S/C22H31F3N4O3/c1-21(2,3)18(13-5-7-14(8-6-13)22(23,24)25)28-19(31)16-11-17(30)27-20(26-16)29-10-9-15(12-29)32-4/h5-8,15-16,18,20,26H,9-12H2,1-4H3,(H,27,30)(H,28,31)/t15-,16?,18-,20?/m0/s1. The molecule has 3 rings (SSSR count). The van der Waals surface area contributed by atoms with Gasteiger partial charge in [-0.25, -0.2) is 0 Å². The van der Waals surface area contributed by atoms with Crippen LogP contribution in [0.5, 0.6) is 0 Å². The summed E-state index contributed by atoms with van der Waals surface area (Å²) in [6.45, 7) is 7.05. The molecule has 2 unspecified atom stereocenters. The Hall–Kier alpha value is -2.17. The number of halogens is 3. The molecule has 0 spiro atoms. The molecule has 2 amide bonds. The van der Waals surface area contributed by atoms with Crippen molar-refractivity contribution in [1.82, 2.24) is 20.9 Å². The fourth-order valence-corrected chi connectivity index (χ4v) is 4.14. The van der Waals surface area contributed by atoms with Crippen molar-refractivity contribution in [1.29, 1.82) is 0 Å². The van der Waals surface area contributed by atoms with E-state index in [-0.39, 0.29) is 24.3 Å². The van der Waals surface area contributed by atoms with Gasteiger partial charge in [0.05, 0.1) is 30.2 Å². The number of rotatable bonds is 5. The second kappa shape index (κ2) is 9.36. The molecule has 2 aliphatic rings. The number of nitrogens with one attached hydrogen (secondary N) is 3.